The van der Waals surface area contributed by atoms with Crippen molar-refractivity contribution in [3.05, 3.63) is 237 Å². The molecule has 14 heterocycles. The number of aromatic nitrogens is 15. The number of carbonyl (C=O) groups excluding carboxylic acids is 5. The lowest BCUT2D eigenvalue weighted by Crippen LogP contribution is -2.59. The Hall–Kier alpha value is -11.4. The minimum absolute atomic E-state index is 0.0508. The van der Waals surface area contributed by atoms with E-state index in [1.807, 2.05) is 89.6 Å². The van der Waals surface area contributed by atoms with E-state index >= 15 is 0 Å². The molecule has 5 aromatic heterocycles. The van der Waals surface area contributed by atoms with Crippen LogP contribution in [0.25, 0.3) is 0 Å². The van der Waals surface area contributed by atoms with Crippen molar-refractivity contribution in [3.8, 4) is 0 Å². The largest absolute Gasteiger partial charge is 0.342 e. The molecule has 0 bridgehead atoms. The minimum atomic E-state index is -2.85. The van der Waals surface area contributed by atoms with Gasteiger partial charge in [0.05, 0.1) is 69.5 Å². The highest BCUT2D eigenvalue weighted by molar-refractivity contribution is 5.93. The molecule has 5 amide bonds. The summed E-state index contributed by atoms with van der Waals surface area (Å²) in [6.45, 7) is 2.14. The van der Waals surface area contributed by atoms with E-state index in [1.165, 1.54) is 48.7 Å². The van der Waals surface area contributed by atoms with E-state index < -0.39 is 55.0 Å². The molecule has 25 nitrogen and oxygen atoms in total. The Kier molecular flexibility index (Phi) is 20.1. The zero-order valence-electron chi connectivity index (χ0n) is 59.6. The van der Waals surface area contributed by atoms with Crippen LogP contribution in [0.15, 0.2) is 140 Å². The number of hydrogen-bond donors (Lipinski definition) is 0. The van der Waals surface area contributed by atoms with Crippen molar-refractivity contribution in [2.24, 2.45) is 0 Å². The summed E-state index contributed by atoms with van der Waals surface area (Å²) in [4.78, 5) is 88.7. The zero-order valence-corrected chi connectivity index (χ0v) is 59.6. The van der Waals surface area contributed by atoms with Crippen LogP contribution >= 0.6 is 0 Å². The molecule has 4 fully saturated rings. The maximum absolute atomic E-state index is 14.2. The molecule has 7 atom stereocenters. The molecule has 5 aromatic carbocycles. The van der Waals surface area contributed by atoms with Gasteiger partial charge in [-0.2, -0.15) is 0 Å². The summed E-state index contributed by atoms with van der Waals surface area (Å²) in [5, 5.41) is 21.3. The maximum Gasteiger partial charge on any atom is 0.293 e. The molecule has 566 valence electrons. The molecule has 19 rings (SSSR count). The lowest BCUT2D eigenvalue weighted by Gasteiger charge is -2.41. The quantitative estimate of drug-likeness (QED) is 0.115. The van der Waals surface area contributed by atoms with Crippen LogP contribution in [0.2, 0.25) is 0 Å². The highest BCUT2D eigenvalue weighted by Crippen LogP contribution is 2.42. The summed E-state index contributed by atoms with van der Waals surface area (Å²) in [5.41, 5.74) is 2.91. The van der Waals surface area contributed by atoms with E-state index in [0.29, 0.717) is 17.5 Å². The fourth-order valence-electron chi connectivity index (χ4n) is 15.1. The molecule has 10 aromatic rings. The number of likely N-dealkylation sites (tertiary alicyclic amines) is 4. The van der Waals surface area contributed by atoms with Gasteiger partial charge < -0.3 is 24.5 Å². The van der Waals surface area contributed by atoms with E-state index in [1.54, 1.807) is 58.7 Å². The highest BCUT2D eigenvalue weighted by Gasteiger charge is 2.49. The molecule has 0 saturated carbocycles. The predicted molar refractivity (Wildman–Crippen MR) is 375 cm³/mol. The van der Waals surface area contributed by atoms with Crippen LogP contribution in [0.3, 0.4) is 0 Å². The Morgan fingerprint density at radius 1 is 0.413 bits per heavy atom. The third-order valence-corrected chi connectivity index (χ3v) is 20.7. The van der Waals surface area contributed by atoms with Crippen molar-refractivity contribution in [1.82, 2.24) is 98.3 Å². The molecular formula is C76H76F8N20O5. The fourth-order valence-corrected chi connectivity index (χ4v) is 15.1. The van der Waals surface area contributed by atoms with Gasteiger partial charge in [-0.25, -0.2) is 83.5 Å². The summed E-state index contributed by atoms with van der Waals surface area (Å²) in [6, 6.07) is 41.4. The van der Waals surface area contributed by atoms with Gasteiger partial charge in [-0.1, -0.05) is 127 Å². The van der Waals surface area contributed by atoms with E-state index in [-0.39, 0.29) is 139 Å². The number of halogens is 8. The summed E-state index contributed by atoms with van der Waals surface area (Å²) in [7, 11) is 3.31. The Morgan fingerprint density at radius 3 is 1.17 bits per heavy atom. The third kappa shape index (κ3) is 14.9. The second-order valence-electron chi connectivity index (χ2n) is 28.8. The second-order valence-corrected chi connectivity index (χ2v) is 28.8. The molecule has 0 aliphatic carbocycles. The number of nitrogens with zero attached hydrogens (tertiary/aromatic N) is 20. The Balaban J connectivity index is 0.000000109. The van der Waals surface area contributed by atoms with Crippen molar-refractivity contribution >= 4 is 29.5 Å². The number of fused-ring (bicyclic) bond motifs is 5. The lowest BCUT2D eigenvalue weighted by molar-refractivity contribution is -0.113. The molecule has 4 saturated heterocycles. The molecule has 2 unspecified atom stereocenters. The summed E-state index contributed by atoms with van der Waals surface area (Å²) in [6.07, 6.45) is 3.70. The highest BCUT2D eigenvalue weighted by atomic mass is 19.3. The normalized spacial score (nSPS) is 21.9. The number of aryl methyl sites for hydroxylation is 3. The van der Waals surface area contributed by atoms with Gasteiger partial charge >= 0.3 is 0 Å². The van der Waals surface area contributed by atoms with Crippen LogP contribution < -0.4 is 0 Å². The van der Waals surface area contributed by atoms with Crippen LogP contribution in [-0.4, -0.2) is 212 Å². The van der Waals surface area contributed by atoms with Crippen LogP contribution in [0.4, 0.5) is 35.1 Å². The maximum atomic E-state index is 14.2. The monoisotopic (exact) mass is 1500 g/mol. The first-order valence-corrected chi connectivity index (χ1v) is 36.2. The molecule has 109 heavy (non-hydrogen) atoms. The molecule has 9 aliphatic rings. The predicted octanol–water partition coefficient (Wildman–Crippen LogP) is 10.3. The first-order chi connectivity index (χ1) is 52.4. The van der Waals surface area contributed by atoms with Crippen LogP contribution in [0, 0.1) is 11.6 Å². The smallest absolute Gasteiger partial charge is 0.293 e. The Labute approximate surface area is 619 Å². The summed E-state index contributed by atoms with van der Waals surface area (Å²) in [5.74, 6) is -2.14. The van der Waals surface area contributed by atoms with Gasteiger partial charge in [-0.05, 0) is 67.9 Å². The number of carbonyl (C=O) groups is 5. The van der Waals surface area contributed by atoms with Gasteiger partial charge in [0.1, 0.15) is 40.9 Å². The van der Waals surface area contributed by atoms with Gasteiger partial charge in [0.15, 0.2) is 24.0 Å². The van der Waals surface area contributed by atoms with Crippen molar-refractivity contribution in [1.29, 1.82) is 0 Å². The van der Waals surface area contributed by atoms with Crippen molar-refractivity contribution in [3.63, 3.8) is 0 Å². The molecule has 33 heteroatoms. The minimum Gasteiger partial charge on any atom is -0.342 e. The van der Waals surface area contributed by atoms with Gasteiger partial charge in [0.25, 0.3) is 35.5 Å². The molecule has 0 N–H and O–H groups in total. The van der Waals surface area contributed by atoms with E-state index in [4.69, 9.17) is 0 Å². The summed E-state index contributed by atoms with van der Waals surface area (Å²) >= 11 is 0. The first kappa shape index (κ1) is 73.1. The van der Waals surface area contributed by atoms with Crippen molar-refractivity contribution in [2.45, 2.75) is 131 Å². The van der Waals surface area contributed by atoms with E-state index in [0.717, 1.165) is 91.5 Å². The fraction of sp³-hybridized carbons (Fsp3) is 0.408. The SMILES string of the molecule is CC1(F)CN(C(=O)c2nc3n(n2)[C@@H](c2ccccc2)CC3)C1.CN(C)C(=O)c1nc2n(n1)C(c1ccccc1F)CC2.O=C(c1nc2n(n1)C(c1ccccc1F)CC2)N1CCCC1.O=C(c1nc2n(n1)[C@H](c1ccccc1)C[C@@H]2F)N1CC(F)(F)C1.O=C(c1nc2n(n1)[C@H](c1ccccc1)C[C@H]2F)N1CC(F)C1. The van der Waals surface area contributed by atoms with Crippen molar-refractivity contribution in [2.75, 3.05) is 66.5 Å². The van der Waals surface area contributed by atoms with E-state index in [9.17, 15) is 59.1 Å². The molecular weight excluding hydrogens is 1420 g/mol. The van der Waals surface area contributed by atoms with Gasteiger partial charge in [-0.15, -0.1) is 25.5 Å². The lowest BCUT2D eigenvalue weighted by atomic mass is 9.99. The number of amides is 5. The van der Waals surface area contributed by atoms with Gasteiger partial charge in [-0.3, -0.25) is 24.0 Å². The first-order valence-electron chi connectivity index (χ1n) is 36.2. The van der Waals surface area contributed by atoms with Crippen molar-refractivity contribution < 1.29 is 59.1 Å². The van der Waals surface area contributed by atoms with Gasteiger partial charge in [0, 0.05) is 70.4 Å². The third-order valence-electron chi connectivity index (χ3n) is 20.7. The van der Waals surface area contributed by atoms with E-state index in [2.05, 4.69) is 62.5 Å². The second kappa shape index (κ2) is 30.0. The number of hydrogen-bond acceptors (Lipinski definition) is 15. The summed E-state index contributed by atoms with van der Waals surface area (Å²) < 4.78 is 117. The number of alkyl halides is 6. The molecule has 9 aliphatic heterocycles. The Morgan fingerprint density at radius 2 is 0.761 bits per heavy atom. The topological polar surface area (TPSA) is 255 Å². The average molecular weight is 1500 g/mol. The van der Waals surface area contributed by atoms with Gasteiger partial charge in [0.2, 0.25) is 29.1 Å². The van der Waals surface area contributed by atoms with Crippen LogP contribution in [0.1, 0.15) is 204 Å². The van der Waals surface area contributed by atoms with Crippen LogP contribution in [0.5, 0.6) is 0 Å². The average Bonchev–Trinajstić information content (AvgIpc) is 1.59. The zero-order chi connectivity index (χ0) is 76.2. The van der Waals surface area contributed by atoms with Crippen LogP contribution in [-0.2, 0) is 19.3 Å². The number of benzene rings is 5. The Bertz CT molecular complexity index is 5000. The molecule has 0 radical (unpaired) electrons. The number of rotatable bonds is 10. The molecule has 0 spiro atoms. The standard InChI is InChI=1S/2C16H17FN4O.C15H13F3N4O.C15H14F2N4O.C14H15FN4O/c1-16(17)9-20(10-16)15(22)14-18-13-8-7-12(21(13)19-14)11-5-3-2-4-6-11;17-12-6-2-1-5-11(12)13-7-8-14-18-15(19-21(13)14)16(22)20-9-3-4-10-20;16-10-6-11(9-4-2-1-3-5-9)22-13(10)19-12(20-22)14(23)21-7-15(17,18)8-21;16-10-7-20(8-10)15(22)13-18-14-11(17)6-12(21(14)19-13)9-4-2-1-3-5-9;1-18(2)14(20)13-16-12-8-7-11(19(12)17-13)9-5-3-4-6-10(9)15/h2-6,12H,7-10H2,1H3;1-2,5-6,13H,3-4,7-10H2;1-5,10-11H,6-8H2;1-5,10-12H,6-8H2;3-6,11H,7-8H2,1-2H3/t12-;;10-,11-;11-,12+;/m1.01./s1.